The molecule has 1 rings (SSSR count). The smallest absolute Gasteiger partial charge is 0.265 e. The molecule has 3 nitrogen and oxygen atoms in total. The summed E-state index contributed by atoms with van der Waals surface area (Å²) in [5, 5.41) is 0. The predicted molar refractivity (Wildman–Crippen MR) is 46.5 cm³/mol. The molecule has 5 heteroatoms. The minimum Gasteiger partial charge on any atom is -0.286 e. The van der Waals surface area contributed by atoms with Gasteiger partial charge in [-0.05, 0) is 24.1 Å². The fraction of sp³-hybridized carbons (Fsp3) is 0.250. The van der Waals surface area contributed by atoms with Gasteiger partial charge in [0, 0.05) is 0 Å². The van der Waals surface area contributed by atoms with Crippen molar-refractivity contribution in [1.29, 1.82) is 0 Å². The lowest BCUT2D eigenvalue weighted by Crippen LogP contribution is -2.06. The van der Waals surface area contributed by atoms with E-state index in [2.05, 4.69) is 0 Å². The van der Waals surface area contributed by atoms with Gasteiger partial charge in [0.2, 0.25) is 0 Å². The summed E-state index contributed by atoms with van der Waals surface area (Å²) in [6.45, 7) is 0. The Kier molecular flexibility index (Phi) is 3.00. The SMILES string of the molecule is O=S(=O)(O)CCc1cccc(F)c1. The number of aryl methyl sites for hydroxylation is 1. The normalized spacial score (nSPS) is 11.5. The minimum atomic E-state index is -3.96. The fourth-order valence-electron chi connectivity index (χ4n) is 0.939. The van der Waals surface area contributed by atoms with Gasteiger partial charge in [0.15, 0.2) is 0 Å². The van der Waals surface area contributed by atoms with Crippen LogP contribution in [0.4, 0.5) is 4.39 Å². The van der Waals surface area contributed by atoms with Gasteiger partial charge >= 0.3 is 0 Å². The molecule has 0 saturated heterocycles. The molecule has 0 aliphatic heterocycles. The van der Waals surface area contributed by atoms with Gasteiger partial charge in [-0.25, -0.2) is 4.39 Å². The second-order valence-electron chi connectivity index (χ2n) is 2.67. The van der Waals surface area contributed by atoms with E-state index >= 15 is 0 Å². The Bertz CT molecular complexity index is 386. The van der Waals surface area contributed by atoms with Crippen molar-refractivity contribution in [2.75, 3.05) is 5.75 Å². The summed E-state index contributed by atoms with van der Waals surface area (Å²) >= 11 is 0. The lowest BCUT2D eigenvalue weighted by molar-refractivity contribution is 0.482. The first kappa shape index (κ1) is 10.1. The number of rotatable bonds is 3. The van der Waals surface area contributed by atoms with Crippen LogP contribution in [-0.2, 0) is 16.5 Å². The van der Waals surface area contributed by atoms with Crippen LogP contribution in [0, 0.1) is 5.82 Å². The maximum absolute atomic E-state index is 12.6. The minimum absolute atomic E-state index is 0.122. The predicted octanol–water partition coefficient (Wildman–Crippen LogP) is 1.26. The molecular formula is C8H9FO3S. The molecule has 0 spiro atoms. The zero-order valence-electron chi connectivity index (χ0n) is 6.77. The Balaban J connectivity index is 2.65. The van der Waals surface area contributed by atoms with Crippen molar-refractivity contribution < 1.29 is 17.4 Å². The van der Waals surface area contributed by atoms with E-state index in [1.165, 1.54) is 18.2 Å². The van der Waals surface area contributed by atoms with E-state index in [9.17, 15) is 12.8 Å². The van der Waals surface area contributed by atoms with E-state index in [0.717, 1.165) is 0 Å². The molecular weight excluding hydrogens is 195 g/mol. The molecule has 0 aliphatic carbocycles. The van der Waals surface area contributed by atoms with Crippen molar-refractivity contribution in [3.8, 4) is 0 Å². The Morgan fingerprint density at radius 2 is 2.08 bits per heavy atom. The van der Waals surface area contributed by atoms with E-state index in [1.807, 2.05) is 0 Å². The average Bonchev–Trinajstić information content (AvgIpc) is 2.00. The van der Waals surface area contributed by atoms with Crippen LogP contribution < -0.4 is 0 Å². The topological polar surface area (TPSA) is 54.4 Å². The van der Waals surface area contributed by atoms with Crippen molar-refractivity contribution in [1.82, 2.24) is 0 Å². The highest BCUT2D eigenvalue weighted by Crippen LogP contribution is 2.04. The van der Waals surface area contributed by atoms with Crippen LogP contribution in [0.25, 0.3) is 0 Å². The van der Waals surface area contributed by atoms with Gasteiger partial charge in [0.25, 0.3) is 10.1 Å². The molecule has 0 bridgehead atoms. The third kappa shape index (κ3) is 4.00. The lowest BCUT2D eigenvalue weighted by atomic mass is 10.2. The number of hydrogen-bond donors (Lipinski definition) is 1. The Morgan fingerprint density at radius 1 is 1.38 bits per heavy atom. The molecule has 1 N–H and O–H groups in total. The van der Waals surface area contributed by atoms with Crippen LogP contribution in [-0.4, -0.2) is 18.7 Å². The van der Waals surface area contributed by atoms with E-state index in [4.69, 9.17) is 4.55 Å². The molecule has 0 unspecified atom stereocenters. The van der Waals surface area contributed by atoms with Crippen molar-refractivity contribution in [2.45, 2.75) is 6.42 Å². The Hall–Kier alpha value is -0.940. The molecule has 0 fully saturated rings. The molecule has 13 heavy (non-hydrogen) atoms. The first-order valence-electron chi connectivity index (χ1n) is 3.67. The van der Waals surface area contributed by atoms with Crippen molar-refractivity contribution in [3.05, 3.63) is 35.6 Å². The maximum Gasteiger partial charge on any atom is 0.265 e. The van der Waals surface area contributed by atoms with E-state index < -0.39 is 15.9 Å². The highest BCUT2D eigenvalue weighted by atomic mass is 32.2. The molecule has 0 aliphatic rings. The van der Waals surface area contributed by atoms with E-state index in [-0.39, 0.29) is 12.2 Å². The van der Waals surface area contributed by atoms with Crippen molar-refractivity contribution >= 4 is 10.1 Å². The summed E-state index contributed by atoms with van der Waals surface area (Å²) in [4.78, 5) is 0. The number of hydrogen-bond acceptors (Lipinski definition) is 2. The van der Waals surface area contributed by atoms with Crippen LogP contribution in [0.2, 0.25) is 0 Å². The second-order valence-corrected chi connectivity index (χ2v) is 4.24. The van der Waals surface area contributed by atoms with Gasteiger partial charge in [-0.3, -0.25) is 4.55 Å². The van der Waals surface area contributed by atoms with Gasteiger partial charge in [0.05, 0.1) is 5.75 Å². The molecule has 1 aromatic rings. The maximum atomic E-state index is 12.6. The van der Waals surface area contributed by atoms with Crippen molar-refractivity contribution in [3.63, 3.8) is 0 Å². The summed E-state index contributed by atoms with van der Waals surface area (Å²) in [7, 11) is -3.96. The van der Waals surface area contributed by atoms with Crippen molar-refractivity contribution in [2.24, 2.45) is 0 Å². The van der Waals surface area contributed by atoms with Gasteiger partial charge in [-0.2, -0.15) is 8.42 Å². The third-order valence-corrected chi connectivity index (χ3v) is 2.26. The van der Waals surface area contributed by atoms with Crippen LogP contribution in [0.5, 0.6) is 0 Å². The summed E-state index contributed by atoms with van der Waals surface area (Å²) in [6, 6.07) is 5.62. The van der Waals surface area contributed by atoms with Crippen LogP contribution in [0.3, 0.4) is 0 Å². The third-order valence-electron chi connectivity index (χ3n) is 1.54. The molecule has 0 radical (unpaired) electrons. The van der Waals surface area contributed by atoms with Gasteiger partial charge in [0.1, 0.15) is 5.82 Å². The Labute approximate surface area is 76.0 Å². The molecule has 72 valence electrons. The summed E-state index contributed by atoms with van der Waals surface area (Å²) in [6.07, 6.45) is 0.122. The fourth-order valence-corrected chi connectivity index (χ4v) is 1.43. The lowest BCUT2D eigenvalue weighted by Gasteiger charge is -1.98. The molecule has 1 aromatic carbocycles. The number of halogens is 1. The molecule has 0 amide bonds. The highest BCUT2D eigenvalue weighted by Gasteiger charge is 2.04. The summed E-state index contributed by atoms with van der Waals surface area (Å²) in [5.74, 6) is -0.788. The number of benzene rings is 1. The molecule has 0 saturated carbocycles. The quantitative estimate of drug-likeness (QED) is 0.754. The van der Waals surface area contributed by atoms with Crippen LogP contribution in [0.15, 0.2) is 24.3 Å². The zero-order chi connectivity index (χ0) is 9.90. The average molecular weight is 204 g/mol. The van der Waals surface area contributed by atoms with E-state index in [1.54, 1.807) is 6.07 Å². The zero-order valence-corrected chi connectivity index (χ0v) is 7.59. The van der Waals surface area contributed by atoms with Crippen LogP contribution >= 0.6 is 0 Å². The molecule has 0 heterocycles. The second kappa shape index (κ2) is 3.85. The van der Waals surface area contributed by atoms with E-state index in [0.29, 0.717) is 5.56 Å². The Morgan fingerprint density at radius 3 is 2.62 bits per heavy atom. The van der Waals surface area contributed by atoms with Gasteiger partial charge < -0.3 is 0 Å². The largest absolute Gasteiger partial charge is 0.286 e. The van der Waals surface area contributed by atoms with Gasteiger partial charge in [-0.15, -0.1) is 0 Å². The summed E-state index contributed by atoms with van der Waals surface area (Å²) < 4.78 is 41.7. The molecule has 0 atom stereocenters. The first-order valence-corrected chi connectivity index (χ1v) is 5.28. The highest BCUT2D eigenvalue weighted by molar-refractivity contribution is 7.85. The first-order chi connectivity index (χ1) is 5.97. The standard InChI is InChI=1S/C8H9FO3S/c9-8-3-1-2-7(6-8)4-5-13(10,11)12/h1-3,6H,4-5H2,(H,10,11,12). The monoisotopic (exact) mass is 204 g/mol. The van der Waals surface area contributed by atoms with Gasteiger partial charge in [-0.1, -0.05) is 12.1 Å². The molecule has 0 aromatic heterocycles. The summed E-state index contributed by atoms with van der Waals surface area (Å²) in [5.41, 5.74) is 0.553. The van der Waals surface area contributed by atoms with Crippen LogP contribution in [0.1, 0.15) is 5.56 Å².